The number of hydrogen-bond acceptors (Lipinski definition) is 4. The van der Waals surface area contributed by atoms with Gasteiger partial charge in [0.15, 0.2) is 0 Å². The maximum Gasteiger partial charge on any atom is 0.234 e. The first kappa shape index (κ1) is 15.7. The Bertz CT molecular complexity index is 345. The minimum atomic E-state index is -0.671. The quantitative estimate of drug-likeness (QED) is 0.606. The predicted octanol–water partition coefficient (Wildman–Crippen LogP) is 4.74. The Morgan fingerprint density at radius 2 is 1.10 bits per heavy atom. The molecule has 122 valence electrons. The molecule has 3 aliphatic rings. The normalized spacial score (nSPS) is 45.1. The Hall–Kier alpha value is -0.160. The van der Waals surface area contributed by atoms with Gasteiger partial charge in [-0.25, -0.2) is 0 Å². The molecule has 0 aromatic heterocycles. The summed E-state index contributed by atoms with van der Waals surface area (Å²) in [7, 11) is 0. The van der Waals surface area contributed by atoms with E-state index in [9.17, 15) is 0 Å². The maximum atomic E-state index is 5.75. The molecule has 1 heterocycles. The molecule has 0 aromatic rings. The van der Waals surface area contributed by atoms with Crippen LogP contribution >= 0.6 is 0 Å². The van der Waals surface area contributed by atoms with Crippen molar-refractivity contribution in [2.45, 2.75) is 90.6 Å². The molecular weight excluding hydrogens is 268 g/mol. The highest BCUT2D eigenvalue weighted by Crippen LogP contribution is 2.48. The highest BCUT2D eigenvalue weighted by atomic mass is 17.4. The van der Waals surface area contributed by atoms with Gasteiger partial charge in [-0.15, -0.1) is 0 Å². The molecule has 2 aliphatic carbocycles. The molecule has 2 saturated carbocycles. The molecule has 3 rings (SSSR count). The smallest absolute Gasteiger partial charge is 0.195 e. The van der Waals surface area contributed by atoms with Crippen LogP contribution in [0.1, 0.15) is 79.1 Å². The molecular formula is C17H30O4. The van der Waals surface area contributed by atoms with Crippen molar-refractivity contribution in [3.63, 3.8) is 0 Å². The van der Waals surface area contributed by atoms with Crippen molar-refractivity contribution < 1.29 is 19.6 Å². The molecule has 1 aliphatic heterocycles. The van der Waals surface area contributed by atoms with E-state index in [2.05, 4.69) is 27.7 Å². The van der Waals surface area contributed by atoms with Crippen LogP contribution in [-0.4, -0.2) is 11.6 Å². The molecule has 21 heavy (non-hydrogen) atoms. The second-order valence-corrected chi connectivity index (χ2v) is 8.48. The summed E-state index contributed by atoms with van der Waals surface area (Å²) in [5.41, 5.74) is 0.346. The molecule has 4 nitrogen and oxygen atoms in total. The van der Waals surface area contributed by atoms with Crippen LogP contribution in [0.5, 0.6) is 0 Å². The van der Waals surface area contributed by atoms with E-state index >= 15 is 0 Å². The van der Waals surface area contributed by atoms with Crippen LogP contribution in [0.15, 0.2) is 0 Å². The van der Waals surface area contributed by atoms with E-state index in [4.69, 9.17) is 19.6 Å². The summed E-state index contributed by atoms with van der Waals surface area (Å²) >= 11 is 0. The molecule has 0 bridgehead atoms. The van der Waals surface area contributed by atoms with E-state index in [0.29, 0.717) is 11.3 Å². The van der Waals surface area contributed by atoms with Crippen LogP contribution in [0.25, 0.3) is 0 Å². The van der Waals surface area contributed by atoms with Gasteiger partial charge in [0.05, 0.1) is 0 Å². The fourth-order valence-corrected chi connectivity index (χ4v) is 3.79. The van der Waals surface area contributed by atoms with Gasteiger partial charge < -0.3 is 0 Å². The van der Waals surface area contributed by atoms with E-state index in [1.165, 1.54) is 0 Å². The van der Waals surface area contributed by atoms with Gasteiger partial charge in [-0.1, -0.05) is 27.7 Å². The summed E-state index contributed by atoms with van der Waals surface area (Å²) in [5, 5.41) is 0. The van der Waals surface area contributed by atoms with Crippen molar-refractivity contribution in [1.29, 1.82) is 0 Å². The van der Waals surface area contributed by atoms with E-state index in [1.54, 1.807) is 0 Å². The number of rotatable bonds is 0. The molecule has 0 unspecified atom stereocenters. The zero-order valence-electron chi connectivity index (χ0n) is 13.9. The fraction of sp³-hybridized carbons (Fsp3) is 1.00. The van der Waals surface area contributed by atoms with Crippen LogP contribution in [0.4, 0.5) is 0 Å². The summed E-state index contributed by atoms with van der Waals surface area (Å²) in [4.78, 5) is 22.9. The first-order valence-corrected chi connectivity index (χ1v) is 8.56. The molecule has 0 N–H and O–H groups in total. The average molecular weight is 298 g/mol. The lowest BCUT2D eigenvalue weighted by Crippen LogP contribution is -2.53. The van der Waals surface area contributed by atoms with Gasteiger partial charge in [-0.3, -0.25) is 0 Å². The Morgan fingerprint density at radius 3 is 1.48 bits per heavy atom. The Balaban J connectivity index is 1.54. The van der Waals surface area contributed by atoms with Gasteiger partial charge in [0.25, 0.3) is 0 Å². The molecule has 1 saturated heterocycles. The molecule has 0 radical (unpaired) electrons. The predicted molar refractivity (Wildman–Crippen MR) is 78.8 cm³/mol. The van der Waals surface area contributed by atoms with Gasteiger partial charge in [-0.2, -0.15) is 19.6 Å². The standard InChI is InChI=1S/C17H30O4/c1-13-5-9-16(10-6-13)18-20-17(21-19-16)11-7-14(8-12-17)15(2,3)4/h13-14H,5-12H2,1-4H3. The first-order chi connectivity index (χ1) is 9.83. The third-order valence-corrected chi connectivity index (χ3v) is 5.70. The highest BCUT2D eigenvalue weighted by molar-refractivity contribution is 4.86. The second kappa shape index (κ2) is 5.48. The maximum absolute atomic E-state index is 5.75. The van der Waals surface area contributed by atoms with Crippen LogP contribution in [0, 0.1) is 17.3 Å². The molecule has 0 aromatic carbocycles. The summed E-state index contributed by atoms with van der Waals surface area (Å²) in [6, 6.07) is 0. The second-order valence-electron chi connectivity index (χ2n) is 8.48. The first-order valence-electron chi connectivity index (χ1n) is 8.56. The zero-order valence-corrected chi connectivity index (χ0v) is 13.9. The monoisotopic (exact) mass is 298 g/mol. The Morgan fingerprint density at radius 1 is 0.714 bits per heavy atom. The molecule has 0 amide bonds. The summed E-state index contributed by atoms with van der Waals surface area (Å²) in [6.45, 7) is 9.20. The fourth-order valence-electron chi connectivity index (χ4n) is 3.79. The van der Waals surface area contributed by atoms with Crippen molar-refractivity contribution in [1.82, 2.24) is 0 Å². The SMILES string of the molecule is CC1CCC2(CC1)OOC1(CCC(C(C)(C)C)CC1)OO2. The van der Waals surface area contributed by atoms with Gasteiger partial charge in [0.1, 0.15) is 0 Å². The zero-order chi connectivity index (χ0) is 15.1. The van der Waals surface area contributed by atoms with Crippen molar-refractivity contribution in [2.75, 3.05) is 0 Å². The average Bonchev–Trinajstić information content (AvgIpc) is 2.45. The van der Waals surface area contributed by atoms with E-state index in [-0.39, 0.29) is 0 Å². The lowest BCUT2D eigenvalue weighted by Gasteiger charge is -2.48. The minimum absolute atomic E-state index is 0.346. The topological polar surface area (TPSA) is 36.9 Å². The van der Waals surface area contributed by atoms with Gasteiger partial charge in [0, 0.05) is 25.7 Å². The third-order valence-electron chi connectivity index (χ3n) is 5.70. The Kier molecular flexibility index (Phi) is 4.11. The van der Waals surface area contributed by atoms with Crippen molar-refractivity contribution in [3.05, 3.63) is 0 Å². The molecule has 2 spiro atoms. The summed E-state index contributed by atoms with van der Waals surface area (Å²) < 4.78 is 0. The van der Waals surface area contributed by atoms with E-state index in [0.717, 1.165) is 57.3 Å². The lowest BCUT2D eigenvalue weighted by molar-refractivity contribution is -0.663. The summed E-state index contributed by atoms with van der Waals surface area (Å²) in [6.07, 6.45) is 7.81. The van der Waals surface area contributed by atoms with Crippen LogP contribution in [0.2, 0.25) is 0 Å². The van der Waals surface area contributed by atoms with Crippen molar-refractivity contribution >= 4 is 0 Å². The minimum Gasteiger partial charge on any atom is -0.195 e. The van der Waals surface area contributed by atoms with E-state index < -0.39 is 11.6 Å². The third kappa shape index (κ3) is 3.29. The van der Waals surface area contributed by atoms with E-state index in [1.807, 2.05) is 0 Å². The van der Waals surface area contributed by atoms with Crippen molar-refractivity contribution in [2.24, 2.45) is 17.3 Å². The largest absolute Gasteiger partial charge is 0.234 e. The van der Waals surface area contributed by atoms with Gasteiger partial charge in [-0.05, 0) is 42.9 Å². The Labute approximate surface area is 128 Å². The summed E-state index contributed by atoms with van der Waals surface area (Å²) in [5.74, 6) is 0.122. The number of hydrogen-bond donors (Lipinski definition) is 0. The van der Waals surface area contributed by atoms with Crippen LogP contribution < -0.4 is 0 Å². The molecule has 3 fully saturated rings. The molecule has 4 heteroatoms. The molecule has 0 atom stereocenters. The van der Waals surface area contributed by atoms with Crippen LogP contribution in [-0.2, 0) is 19.6 Å². The van der Waals surface area contributed by atoms with Gasteiger partial charge in [0.2, 0.25) is 11.6 Å². The van der Waals surface area contributed by atoms with Crippen molar-refractivity contribution in [3.8, 4) is 0 Å². The van der Waals surface area contributed by atoms with Crippen LogP contribution in [0.3, 0.4) is 0 Å². The highest BCUT2D eigenvalue weighted by Gasteiger charge is 2.51. The van der Waals surface area contributed by atoms with Gasteiger partial charge >= 0.3 is 0 Å². The lowest BCUT2D eigenvalue weighted by atomic mass is 9.71.